The average molecular weight is 251 g/mol. The molecule has 1 aromatic carbocycles. The van der Waals surface area contributed by atoms with Crippen molar-refractivity contribution in [1.82, 2.24) is 0 Å². The first-order valence-corrected chi connectivity index (χ1v) is 4.27. The second kappa shape index (κ2) is 5.62. The highest BCUT2D eigenvalue weighted by Gasteiger charge is 2.23. The number of hydrogen-bond acceptors (Lipinski definition) is 4. The predicted molar refractivity (Wildman–Crippen MR) is 59.6 cm³/mol. The first-order valence-electron chi connectivity index (χ1n) is 4.27. The molecule has 7 heteroatoms. The van der Waals surface area contributed by atoms with E-state index in [0.29, 0.717) is 5.56 Å². The molecule has 0 saturated carbocycles. The lowest BCUT2D eigenvalue weighted by Gasteiger charge is -2.10. The van der Waals surface area contributed by atoms with Crippen LogP contribution in [-0.4, -0.2) is 16.7 Å². The van der Waals surface area contributed by atoms with E-state index in [9.17, 15) is 19.6 Å². The predicted octanol–water partition coefficient (Wildman–Crippen LogP) is 2.00. The van der Waals surface area contributed by atoms with Crippen molar-refractivity contribution in [3.05, 3.63) is 33.4 Å². The lowest BCUT2D eigenvalue weighted by atomic mass is 10.0. The molecule has 0 spiro atoms. The van der Waals surface area contributed by atoms with Crippen LogP contribution in [0.25, 0.3) is 0 Å². The number of nitrogens with zero attached hydrogens (tertiary/aromatic N) is 1. The summed E-state index contributed by atoms with van der Waals surface area (Å²) in [6, 6.07) is 1.79. The van der Waals surface area contributed by atoms with Crippen LogP contribution in [0.3, 0.4) is 0 Å². The maximum atomic E-state index is 12.3. The number of aryl methyl sites for hydroxylation is 1. The molecule has 0 aliphatic rings. The third-order valence-electron chi connectivity index (χ3n) is 2.13. The molecule has 5 nitrogen and oxygen atoms in total. The van der Waals surface area contributed by atoms with Crippen LogP contribution in [0.2, 0.25) is 0 Å². The molecule has 1 atom stereocenters. The Hall–Kier alpha value is -1.40. The van der Waals surface area contributed by atoms with Crippen molar-refractivity contribution in [2.24, 2.45) is 5.73 Å². The summed E-state index contributed by atoms with van der Waals surface area (Å²) in [7, 11) is 0. The number of benzene rings is 1. The molecular weight excluding hydrogens is 239 g/mol. The Morgan fingerprint density at radius 2 is 2.19 bits per heavy atom. The van der Waals surface area contributed by atoms with Gasteiger partial charge in [0.1, 0.15) is 6.67 Å². The van der Waals surface area contributed by atoms with E-state index in [0.717, 1.165) is 0 Å². The molecule has 0 aliphatic heterocycles. The van der Waals surface area contributed by atoms with Gasteiger partial charge in [-0.3, -0.25) is 10.1 Å². The Bertz CT molecular complexity index is 401. The Kier molecular flexibility index (Phi) is 5.13. The highest BCUT2D eigenvalue weighted by Crippen LogP contribution is 2.35. The largest absolute Gasteiger partial charge is 0.502 e. The highest BCUT2D eigenvalue weighted by molar-refractivity contribution is 5.85. The van der Waals surface area contributed by atoms with Crippen molar-refractivity contribution in [3.8, 4) is 5.75 Å². The van der Waals surface area contributed by atoms with Gasteiger partial charge in [-0.2, -0.15) is 0 Å². The first kappa shape index (κ1) is 14.6. The zero-order valence-corrected chi connectivity index (χ0v) is 9.33. The minimum Gasteiger partial charge on any atom is -0.502 e. The fourth-order valence-corrected chi connectivity index (χ4v) is 1.31. The maximum Gasteiger partial charge on any atom is 0.313 e. The molecule has 0 heterocycles. The number of hydrogen-bond donors (Lipinski definition) is 2. The standard InChI is InChI=1S/C9H11FN2O3.ClH/c1-5-2-3-6(7(11)4-10)9(13)8(5)12(14)15;/h2-3,7,13H,4,11H2,1H3;1H/t7-;/m0./s1. The third kappa shape index (κ3) is 2.59. The molecule has 1 rings (SSSR count). The average Bonchev–Trinajstić information content (AvgIpc) is 2.16. The molecule has 3 N–H and O–H groups in total. The van der Waals surface area contributed by atoms with Crippen molar-refractivity contribution in [2.75, 3.05) is 6.67 Å². The van der Waals surface area contributed by atoms with Crippen molar-refractivity contribution in [3.63, 3.8) is 0 Å². The van der Waals surface area contributed by atoms with Crippen LogP contribution in [-0.2, 0) is 0 Å². The van der Waals surface area contributed by atoms with E-state index in [2.05, 4.69) is 0 Å². The number of aromatic hydroxyl groups is 1. The second-order valence-electron chi connectivity index (χ2n) is 3.19. The Balaban J connectivity index is 0.00000225. The van der Waals surface area contributed by atoms with Gasteiger partial charge in [0.25, 0.3) is 0 Å². The summed E-state index contributed by atoms with van der Waals surface area (Å²) in [6.45, 7) is 0.608. The molecule has 0 aliphatic carbocycles. The highest BCUT2D eigenvalue weighted by atomic mass is 35.5. The van der Waals surface area contributed by atoms with E-state index >= 15 is 0 Å². The summed E-state index contributed by atoms with van der Waals surface area (Å²) in [6.07, 6.45) is 0. The summed E-state index contributed by atoms with van der Waals surface area (Å²) in [5.74, 6) is -0.551. The van der Waals surface area contributed by atoms with E-state index in [4.69, 9.17) is 5.73 Å². The summed E-state index contributed by atoms with van der Waals surface area (Å²) in [5, 5.41) is 20.2. The number of nitro groups is 1. The number of halogens is 2. The molecule has 90 valence electrons. The molecule has 0 unspecified atom stereocenters. The first-order chi connectivity index (χ1) is 6.99. The van der Waals surface area contributed by atoms with Gasteiger partial charge in [-0.05, 0) is 6.92 Å². The zero-order chi connectivity index (χ0) is 11.6. The second-order valence-corrected chi connectivity index (χ2v) is 3.19. The van der Waals surface area contributed by atoms with Crippen molar-refractivity contribution in [1.29, 1.82) is 0 Å². The molecule has 0 saturated heterocycles. The van der Waals surface area contributed by atoms with Gasteiger partial charge < -0.3 is 10.8 Å². The van der Waals surface area contributed by atoms with Gasteiger partial charge >= 0.3 is 5.69 Å². The van der Waals surface area contributed by atoms with Crippen LogP contribution in [0.1, 0.15) is 17.2 Å². The van der Waals surface area contributed by atoms with Crippen LogP contribution in [0.5, 0.6) is 5.75 Å². The molecular formula is C9H12ClFN2O3. The van der Waals surface area contributed by atoms with Gasteiger partial charge in [-0.15, -0.1) is 12.4 Å². The number of alkyl halides is 1. The molecule has 1 aromatic rings. The third-order valence-corrected chi connectivity index (χ3v) is 2.13. The summed E-state index contributed by atoms with van der Waals surface area (Å²) >= 11 is 0. The number of nitrogens with two attached hydrogens (primary N) is 1. The molecule has 0 bridgehead atoms. The molecule has 0 fully saturated rings. The number of phenolic OH excluding ortho intramolecular Hbond substituents is 1. The van der Waals surface area contributed by atoms with Crippen LogP contribution in [0.15, 0.2) is 12.1 Å². The Labute approximate surface area is 97.6 Å². The zero-order valence-electron chi connectivity index (χ0n) is 8.51. The number of nitro benzene ring substituents is 1. The van der Waals surface area contributed by atoms with Crippen LogP contribution in [0.4, 0.5) is 10.1 Å². The molecule has 0 amide bonds. The lowest BCUT2D eigenvalue weighted by Crippen LogP contribution is -2.13. The summed E-state index contributed by atoms with van der Waals surface area (Å²) in [4.78, 5) is 9.91. The van der Waals surface area contributed by atoms with Crippen LogP contribution < -0.4 is 5.73 Å². The van der Waals surface area contributed by atoms with Gasteiger partial charge in [-0.25, -0.2) is 4.39 Å². The Morgan fingerprint density at radius 1 is 1.62 bits per heavy atom. The molecule has 16 heavy (non-hydrogen) atoms. The summed E-state index contributed by atoms with van der Waals surface area (Å²) in [5.41, 5.74) is 5.30. The van der Waals surface area contributed by atoms with Gasteiger partial charge in [0.05, 0.1) is 11.0 Å². The topological polar surface area (TPSA) is 89.4 Å². The van der Waals surface area contributed by atoms with Gasteiger partial charge in [0.15, 0.2) is 5.75 Å². The van der Waals surface area contributed by atoms with Gasteiger partial charge in [0.2, 0.25) is 0 Å². The number of phenols is 1. The smallest absolute Gasteiger partial charge is 0.313 e. The quantitative estimate of drug-likeness (QED) is 0.634. The fraction of sp³-hybridized carbons (Fsp3) is 0.333. The number of rotatable bonds is 3. The summed E-state index contributed by atoms with van der Waals surface area (Å²) < 4.78 is 12.3. The van der Waals surface area contributed by atoms with Crippen molar-refractivity contribution < 1.29 is 14.4 Å². The van der Waals surface area contributed by atoms with Crippen molar-refractivity contribution in [2.45, 2.75) is 13.0 Å². The fourth-order valence-electron chi connectivity index (χ4n) is 1.31. The van der Waals surface area contributed by atoms with Gasteiger partial charge in [0, 0.05) is 11.1 Å². The minimum atomic E-state index is -1.04. The van der Waals surface area contributed by atoms with E-state index < -0.39 is 29.1 Å². The van der Waals surface area contributed by atoms with E-state index in [1.165, 1.54) is 19.1 Å². The lowest BCUT2D eigenvalue weighted by molar-refractivity contribution is -0.386. The van der Waals surface area contributed by atoms with Crippen LogP contribution >= 0.6 is 12.4 Å². The minimum absolute atomic E-state index is 0. The van der Waals surface area contributed by atoms with E-state index in [1.807, 2.05) is 0 Å². The normalized spacial score (nSPS) is 11.7. The van der Waals surface area contributed by atoms with Gasteiger partial charge in [-0.1, -0.05) is 12.1 Å². The van der Waals surface area contributed by atoms with E-state index in [1.54, 1.807) is 0 Å². The van der Waals surface area contributed by atoms with Crippen molar-refractivity contribution >= 4 is 18.1 Å². The van der Waals surface area contributed by atoms with E-state index in [-0.39, 0.29) is 18.0 Å². The molecule has 0 aromatic heterocycles. The molecule has 0 radical (unpaired) electrons. The Morgan fingerprint density at radius 3 is 2.62 bits per heavy atom. The monoisotopic (exact) mass is 250 g/mol. The maximum absolute atomic E-state index is 12.3. The SMILES string of the molecule is Cc1ccc([C@@H](N)CF)c(O)c1[N+](=O)[O-].Cl. The van der Waals surface area contributed by atoms with Crippen LogP contribution in [0, 0.1) is 17.0 Å².